The lowest BCUT2D eigenvalue weighted by Gasteiger charge is -1.99. The summed E-state index contributed by atoms with van der Waals surface area (Å²) in [5.41, 5.74) is 0.146. The number of para-hydroxylation sites is 1. The van der Waals surface area contributed by atoms with Gasteiger partial charge in [0.05, 0.1) is 0 Å². The van der Waals surface area contributed by atoms with Crippen molar-refractivity contribution < 1.29 is 4.39 Å². The van der Waals surface area contributed by atoms with Crippen LogP contribution >= 0.6 is 23.2 Å². The fourth-order valence-electron chi connectivity index (χ4n) is 1.05. The van der Waals surface area contributed by atoms with E-state index in [4.69, 9.17) is 23.2 Å². The van der Waals surface area contributed by atoms with Crippen molar-refractivity contribution >= 4 is 34.1 Å². The molecular formula is C8H3Cl2FN2. The van der Waals surface area contributed by atoms with Gasteiger partial charge in [-0.3, -0.25) is 0 Å². The van der Waals surface area contributed by atoms with Gasteiger partial charge in [0.25, 0.3) is 0 Å². The third-order valence-electron chi connectivity index (χ3n) is 1.60. The second-order valence-electron chi connectivity index (χ2n) is 2.42. The number of halogens is 3. The molecule has 2 rings (SSSR count). The normalized spacial score (nSPS) is 10.7. The molecule has 0 aliphatic heterocycles. The molecule has 2 nitrogen and oxygen atoms in total. The first-order valence-electron chi connectivity index (χ1n) is 3.46. The zero-order chi connectivity index (χ0) is 9.42. The van der Waals surface area contributed by atoms with E-state index < -0.39 is 5.82 Å². The van der Waals surface area contributed by atoms with Crippen molar-refractivity contribution in [1.29, 1.82) is 0 Å². The summed E-state index contributed by atoms with van der Waals surface area (Å²) < 4.78 is 13.1. The maximum Gasteiger partial charge on any atom is 0.224 e. The smallest absolute Gasteiger partial charge is 0.215 e. The molecule has 0 saturated heterocycles. The summed E-state index contributed by atoms with van der Waals surface area (Å²) in [6.07, 6.45) is 0. The number of nitrogens with zero attached hydrogens (tertiary/aromatic N) is 2. The average Bonchev–Trinajstić information content (AvgIpc) is 2.07. The predicted octanol–water partition coefficient (Wildman–Crippen LogP) is 3.08. The van der Waals surface area contributed by atoms with Gasteiger partial charge in [0.15, 0.2) is 0 Å². The number of hydrogen-bond donors (Lipinski definition) is 0. The van der Waals surface area contributed by atoms with Gasteiger partial charge in [-0.05, 0) is 23.7 Å². The summed E-state index contributed by atoms with van der Waals surface area (Å²) in [5.74, 6) is -0.455. The van der Waals surface area contributed by atoms with E-state index in [9.17, 15) is 4.39 Å². The molecule has 1 heterocycles. The zero-order valence-corrected chi connectivity index (χ0v) is 7.77. The average molecular weight is 217 g/mol. The van der Waals surface area contributed by atoms with Crippen LogP contribution in [-0.2, 0) is 0 Å². The molecule has 13 heavy (non-hydrogen) atoms. The van der Waals surface area contributed by atoms with Gasteiger partial charge in [-0.25, -0.2) is 14.4 Å². The Morgan fingerprint density at radius 1 is 1.15 bits per heavy atom. The van der Waals surface area contributed by atoms with Crippen LogP contribution in [0, 0.1) is 5.82 Å². The first-order valence-corrected chi connectivity index (χ1v) is 4.21. The molecule has 1 aromatic heterocycles. The van der Waals surface area contributed by atoms with Crippen LogP contribution in [-0.4, -0.2) is 9.97 Å². The van der Waals surface area contributed by atoms with Crippen LogP contribution in [0.3, 0.4) is 0 Å². The van der Waals surface area contributed by atoms with E-state index in [1.54, 1.807) is 12.1 Å². The van der Waals surface area contributed by atoms with Gasteiger partial charge in [-0.15, -0.1) is 0 Å². The van der Waals surface area contributed by atoms with E-state index in [2.05, 4.69) is 9.97 Å². The minimum atomic E-state index is -0.455. The van der Waals surface area contributed by atoms with E-state index in [1.165, 1.54) is 6.07 Å². The topological polar surface area (TPSA) is 25.8 Å². The molecular weight excluding hydrogens is 214 g/mol. The Bertz CT molecular complexity index is 473. The standard InChI is InChI=1S/C8H3Cl2FN2/c9-7-4-2-1-3-5(11)6(4)12-8(10)13-7/h1-3H. The molecule has 2 aromatic rings. The van der Waals surface area contributed by atoms with Crippen LogP contribution in [0.25, 0.3) is 10.9 Å². The molecule has 0 spiro atoms. The Hall–Kier alpha value is -0.930. The van der Waals surface area contributed by atoms with Crippen LogP contribution in [0.4, 0.5) is 4.39 Å². The summed E-state index contributed by atoms with van der Waals surface area (Å²) in [6, 6.07) is 4.47. The Balaban J connectivity index is 2.94. The van der Waals surface area contributed by atoms with Gasteiger partial charge in [-0.1, -0.05) is 17.7 Å². The lowest BCUT2D eigenvalue weighted by Crippen LogP contribution is -1.89. The highest BCUT2D eigenvalue weighted by molar-refractivity contribution is 6.35. The highest BCUT2D eigenvalue weighted by Gasteiger charge is 2.07. The van der Waals surface area contributed by atoms with Crippen LogP contribution in [0.2, 0.25) is 10.4 Å². The van der Waals surface area contributed by atoms with E-state index in [1.807, 2.05) is 0 Å². The third-order valence-corrected chi connectivity index (χ3v) is 2.06. The zero-order valence-electron chi connectivity index (χ0n) is 6.26. The number of benzene rings is 1. The monoisotopic (exact) mass is 216 g/mol. The lowest BCUT2D eigenvalue weighted by atomic mass is 10.2. The summed E-state index contributed by atoms with van der Waals surface area (Å²) in [5, 5.41) is 0.572. The van der Waals surface area contributed by atoms with Crippen molar-refractivity contribution in [1.82, 2.24) is 9.97 Å². The van der Waals surface area contributed by atoms with Crippen LogP contribution in [0.5, 0.6) is 0 Å². The Labute approximate surface area is 83.3 Å². The molecule has 5 heteroatoms. The molecule has 0 atom stereocenters. The summed E-state index contributed by atoms with van der Waals surface area (Å²) in [4.78, 5) is 7.43. The molecule has 0 amide bonds. The number of aromatic nitrogens is 2. The molecule has 0 saturated carbocycles. The van der Waals surface area contributed by atoms with Crippen molar-refractivity contribution in [2.45, 2.75) is 0 Å². The molecule has 1 aromatic carbocycles. The largest absolute Gasteiger partial charge is 0.224 e. The van der Waals surface area contributed by atoms with Crippen molar-refractivity contribution in [3.05, 3.63) is 34.5 Å². The van der Waals surface area contributed by atoms with Crippen LogP contribution in [0.1, 0.15) is 0 Å². The summed E-state index contributed by atoms with van der Waals surface area (Å²) in [6.45, 7) is 0. The maximum absolute atomic E-state index is 13.1. The SMILES string of the molecule is Fc1cccc2c(Cl)nc(Cl)nc12. The first-order chi connectivity index (χ1) is 6.18. The molecule has 0 unspecified atom stereocenters. The van der Waals surface area contributed by atoms with Gasteiger partial charge in [-0.2, -0.15) is 0 Å². The molecule has 0 bridgehead atoms. The second-order valence-corrected chi connectivity index (χ2v) is 3.12. The fourth-order valence-corrected chi connectivity index (χ4v) is 1.50. The second kappa shape index (κ2) is 3.09. The van der Waals surface area contributed by atoms with E-state index >= 15 is 0 Å². The Kier molecular flexibility index (Phi) is 2.06. The fraction of sp³-hybridized carbons (Fsp3) is 0. The summed E-state index contributed by atoms with van der Waals surface area (Å²) in [7, 11) is 0. The van der Waals surface area contributed by atoms with E-state index in [-0.39, 0.29) is 16.0 Å². The lowest BCUT2D eigenvalue weighted by molar-refractivity contribution is 0.636. The highest BCUT2D eigenvalue weighted by atomic mass is 35.5. The van der Waals surface area contributed by atoms with Gasteiger partial charge in [0, 0.05) is 5.39 Å². The minimum absolute atomic E-state index is 0.0531. The third kappa shape index (κ3) is 1.45. The highest BCUT2D eigenvalue weighted by Crippen LogP contribution is 2.23. The van der Waals surface area contributed by atoms with Crippen LogP contribution in [0.15, 0.2) is 18.2 Å². The van der Waals surface area contributed by atoms with Gasteiger partial charge < -0.3 is 0 Å². The van der Waals surface area contributed by atoms with Gasteiger partial charge in [0.2, 0.25) is 5.28 Å². The van der Waals surface area contributed by atoms with Crippen molar-refractivity contribution in [3.8, 4) is 0 Å². The molecule has 0 N–H and O–H groups in total. The number of fused-ring (bicyclic) bond motifs is 1. The molecule has 0 fully saturated rings. The first kappa shape index (κ1) is 8.66. The minimum Gasteiger partial charge on any atom is -0.215 e. The Morgan fingerprint density at radius 3 is 2.69 bits per heavy atom. The maximum atomic E-state index is 13.1. The molecule has 0 radical (unpaired) electrons. The summed E-state index contributed by atoms with van der Waals surface area (Å²) >= 11 is 11.3. The van der Waals surface area contributed by atoms with E-state index in [0.29, 0.717) is 5.39 Å². The Morgan fingerprint density at radius 2 is 1.92 bits per heavy atom. The predicted molar refractivity (Wildman–Crippen MR) is 49.5 cm³/mol. The quantitative estimate of drug-likeness (QED) is 0.500. The van der Waals surface area contributed by atoms with Gasteiger partial charge in [0.1, 0.15) is 16.5 Å². The van der Waals surface area contributed by atoms with Crippen molar-refractivity contribution in [2.75, 3.05) is 0 Å². The number of rotatable bonds is 0. The molecule has 0 aliphatic carbocycles. The molecule has 0 aliphatic rings. The van der Waals surface area contributed by atoms with Crippen molar-refractivity contribution in [3.63, 3.8) is 0 Å². The number of hydrogen-bond acceptors (Lipinski definition) is 2. The van der Waals surface area contributed by atoms with Crippen molar-refractivity contribution in [2.24, 2.45) is 0 Å². The molecule has 66 valence electrons. The van der Waals surface area contributed by atoms with Crippen LogP contribution < -0.4 is 0 Å². The van der Waals surface area contributed by atoms with Gasteiger partial charge >= 0.3 is 0 Å². The van der Waals surface area contributed by atoms with E-state index in [0.717, 1.165) is 0 Å².